The lowest BCUT2D eigenvalue weighted by molar-refractivity contribution is -0.384. The predicted molar refractivity (Wildman–Crippen MR) is 87.2 cm³/mol. The predicted octanol–water partition coefficient (Wildman–Crippen LogP) is 2.77. The number of ether oxygens (including phenoxy) is 1. The van der Waals surface area contributed by atoms with Gasteiger partial charge in [0.2, 0.25) is 0 Å². The van der Waals surface area contributed by atoms with E-state index in [1.807, 2.05) is 0 Å². The van der Waals surface area contributed by atoms with Gasteiger partial charge in [0.05, 0.1) is 16.3 Å². The molecule has 0 bridgehead atoms. The number of amides is 1. The minimum atomic E-state index is -0.561. The summed E-state index contributed by atoms with van der Waals surface area (Å²) in [5, 5.41) is 23.2. The molecule has 8 nitrogen and oxygen atoms in total. The van der Waals surface area contributed by atoms with Crippen LogP contribution in [-0.2, 0) is 4.79 Å². The molecule has 0 unspecified atom stereocenters. The van der Waals surface area contributed by atoms with E-state index in [1.54, 1.807) is 25.1 Å². The zero-order valence-corrected chi connectivity index (χ0v) is 12.6. The van der Waals surface area contributed by atoms with Crippen LogP contribution in [0.3, 0.4) is 0 Å². The summed E-state index contributed by atoms with van der Waals surface area (Å²) in [6.45, 7) is 1.65. The highest BCUT2D eigenvalue weighted by Gasteiger charge is 2.23. The van der Waals surface area contributed by atoms with Gasteiger partial charge in [-0.1, -0.05) is 0 Å². The summed E-state index contributed by atoms with van der Waals surface area (Å²) in [5.41, 5.74) is 1.07. The van der Waals surface area contributed by atoms with Gasteiger partial charge < -0.3 is 15.2 Å². The molecule has 0 saturated heterocycles. The van der Waals surface area contributed by atoms with Crippen molar-refractivity contribution in [2.75, 3.05) is 5.32 Å². The van der Waals surface area contributed by atoms with Crippen LogP contribution in [0.25, 0.3) is 0 Å². The summed E-state index contributed by atoms with van der Waals surface area (Å²) >= 11 is 0. The Morgan fingerprint density at radius 2 is 2.12 bits per heavy atom. The third kappa shape index (κ3) is 3.02. The van der Waals surface area contributed by atoms with Crippen LogP contribution >= 0.6 is 0 Å². The number of non-ortho nitro benzene ring substituents is 1. The number of nitro benzene ring substituents is 1. The van der Waals surface area contributed by atoms with Crippen LogP contribution in [0, 0.1) is 10.1 Å². The minimum absolute atomic E-state index is 0.118. The van der Waals surface area contributed by atoms with Gasteiger partial charge in [-0.3, -0.25) is 19.9 Å². The van der Waals surface area contributed by atoms with Gasteiger partial charge in [-0.15, -0.1) is 0 Å². The van der Waals surface area contributed by atoms with Gasteiger partial charge in [-0.2, -0.15) is 0 Å². The van der Waals surface area contributed by atoms with Gasteiger partial charge in [0.15, 0.2) is 6.10 Å². The van der Waals surface area contributed by atoms with Crippen molar-refractivity contribution in [2.45, 2.75) is 13.0 Å². The highest BCUT2D eigenvalue weighted by molar-refractivity contribution is 5.98. The maximum atomic E-state index is 11.6. The Morgan fingerprint density at radius 3 is 2.88 bits per heavy atom. The van der Waals surface area contributed by atoms with Crippen LogP contribution in [-0.4, -0.2) is 28.3 Å². The second-order valence-electron chi connectivity index (χ2n) is 5.19. The number of nitro groups is 1. The average molecular weight is 327 g/mol. The fourth-order valence-electron chi connectivity index (χ4n) is 2.18. The first-order chi connectivity index (χ1) is 11.4. The molecule has 0 aliphatic carbocycles. The van der Waals surface area contributed by atoms with E-state index in [0.717, 1.165) is 0 Å². The van der Waals surface area contributed by atoms with Crippen molar-refractivity contribution in [1.82, 2.24) is 0 Å². The van der Waals surface area contributed by atoms with Gasteiger partial charge in [0.25, 0.3) is 11.6 Å². The van der Waals surface area contributed by atoms with E-state index in [9.17, 15) is 20.0 Å². The largest absolute Gasteiger partial charge is 0.507 e. The molecule has 1 aliphatic rings. The Bertz CT molecular complexity index is 863. The molecule has 1 amide bonds. The highest BCUT2D eigenvalue weighted by atomic mass is 16.6. The van der Waals surface area contributed by atoms with Crippen molar-refractivity contribution in [3.63, 3.8) is 0 Å². The minimum Gasteiger partial charge on any atom is -0.507 e. The number of rotatable bonds is 3. The summed E-state index contributed by atoms with van der Waals surface area (Å²) in [5.74, 6) is 0.173. The number of nitrogens with one attached hydrogen (secondary N) is 1. The number of nitrogens with zero attached hydrogens (tertiary/aromatic N) is 2. The molecule has 0 fully saturated rings. The van der Waals surface area contributed by atoms with Crippen LogP contribution in [0.15, 0.2) is 41.4 Å². The number of fused-ring (bicyclic) bond motifs is 1. The molecule has 0 saturated carbocycles. The summed E-state index contributed by atoms with van der Waals surface area (Å²) in [6.07, 6.45) is 0.756. The number of phenolic OH excluding ortho intramolecular Hbond substituents is 1. The third-order valence-electron chi connectivity index (χ3n) is 3.47. The molecule has 0 radical (unpaired) electrons. The number of hydrogen-bond acceptors (Lipinski definition) is 6. The number of carbonyl (C=O) groups is 1. The average Bonchev–Trinajstić information content (AvgIpc) is 2.55. The number of hydrogen-bond donors (Lipinski definition) is 2. The second kappa shape index (κ2) is 5.99. The van der Waals surface area contributed by atoms with Crippen molar-refractivity contribution in [3.8, 4) is 11.5 Å². The van der Waals surface area contributed by atoms with Crippen LogP contribution < -0.4 is 10.1 Å². The van der Waals surface area contributed by atoms with Crippen LogP contribution in [0.4, 0.5) is 17.1 Å². The SMILES string of the molecule is C[C@@H]1Oc2ccc(N=Cc3cc([N+](=O)[O-])ccc3O)cc2NC1=O. The molecule has 0 spiro atoms. The number of aliphatic imine (C=N–C) groups is 1. The molecule has 2 aromatic rings. The van der Waals surface area contributed by atoms with Crippen molar-refractivity contribution in [1.29, 1.82) is 0 Å². The number of aromatic hydroxyl groups is 1. The Balaban J connectivity index is 1.88. The normalized spacial score (nSPS) is 16.4. The molecule has 2 aromatic carbocycles. The van der Waals surface area contributed by atoms with Gasteiger partial charge in [0.1, 0.15) is 11.5 Å². The molecule has 1 aliphatic heterocycles. The van der Waals surface area contributed by atoms with Crippen molar-refractivity contribution < 1.29 is 19.6 Å². The zero-order valence-electron chi connectivity index (χ0n) is 12.6. The second-order valence-corrected chi connectivity index (χ2v) is 5.19. The monoisotopic (exact) mass is 327 g/mol. The van der Waals surface area contributed by atoms with Gasteiger partial charge in [0, 0.05) is 23.9 Å². The molecule has 1 heterocycles. The van der Waals surface area contributed by atoms with Crippen molar-refractivity contribution in [2.24, 2.45) is 4.99 Å². The summed E-state index contributed by atoms with van der Waals surface area (Å²) in [4.78, 5) is 26.0. The third-order valence-corrected chi connectivity index (χ3v) is 3.47. The first-order valence-electron chi connectivity index (χ1n) is 7.07. The van der Waals surface area contributed by atoms with Gasteiger partial charge in [-0.25, -0.2) is 0 Å². The Hall–Kier alpha value is -3.42. The van der Waals surface area contributed by atoms with E-state index in [2.05, 4.69) is 10.3 Å². The molecule has 24 heavy (non-hydrogen) atoms. The molecular formula is C16H13N3O5. The number of phenols is 1. The lowest BCUT2D eigenvalue weighted by atomic mass is 10.2. The molecule has 0 aromatic heterocycles. The number of anilines is 1. The maximum absolute atomic E-state index is 11.6. The van der Waals surface area contributed by atoms with Gasteiger partial charge in [-0.05, 0) is 31.2 Å². The number of carbonyl (C=O) groups excluding carboxylic acids is 1. The van der Waals surface area contributed by atoms with E-state index < -0.39 is 11.0 Å². The summed E-state index contributed by atoms with van der Waals surface area (Å²) in [7, 11) is 0. The molecule has 2 N–H and O–H groups in total. The van der Waals surface area contributed by atoms with Crippen LogP contribution in [0.1, 0.15) is 12.5 Å². The highest BCUT2D eigenvalue weighted by Crippen LogP contribution is 2.33. The fourth-order valence-corrected chi connectivity index (χ4v) is 2.18. The first-order valence-corrected chi connectivity index (χ1v) is 7.07. The van der Waals surface area contributed by atoms with Crippen molar-refractivity contribution >= 4 is 29.2 Å². The molecular weight excluding hydrogens is 314 g/mol. The van der Waals surface area contributed by atoms with Crippen molar-refractivity contribution in [3.05, 3.63) is 52.1 Å². The van der Waals surface area contributed by atoms with E-state index in [0.29, 0.717) is 17.1 Å². The van der Waals surface area contributed by atoms with E-state index in [1.165, 1.54) is 24.4 Å². The topological polar surface area (TPSA) is 114 Å². The Morgan fingerprint density at radius 1 is 1.33 bits per heavy atom. The van der Waals surface area contributed by atoms with E-state index in [-0.39, 0.29) is 22.9 Å². The maximum Gasteiger partial charge on any atom is 0.270 e. The first kappa shape index (κ1) is 15.5. The lowest BCUT2D eigenvalue weighted by Crippen LogP contribution is -2.34. The fraction of sp³-hybridized carbons (Fsp3) is 0.125. The van der Waals surface area contributed by atoms with Crippen LogP contribution in [0.2, 0.25) is 0 Å². The Labute approximate surface area is 136 Å². The standard InChI is InChI=1S/C16H13N3O5/c1-9-16(21)18-13-7-11(2-5-15(13)24-9)17-8-10-6-12(19(22)23)3-4-14(10)20/h2-9,20H,1H3,(H,18,21)/t9-/m0/s1. The summed E-state index contributed by atoms with van der Waals surface area (Å²) in [6, 6.07) is 8.63. The molecule has 122 valence electrons. The number of benzene rings is 2. The van der Waals surface area contributed by atoms with E-state index in [4.69, 9.17) is 4.74 Å². The molecule has 3 rings (SSSR count). The quantitative estimate of drug-likeness (QED) is 0.511. The molecule has 1 atom stereocenters. The lowest BCUT2D eigenvalue weighted by Gasteiger charge is -2.23. The zero-order chi connectivity index (χ0) is 17.3. The van der Waals surface area contributed by atoms with E-state index >= 15 is 0 Å². The summed E-state index contributed by atoms with van der Waals surface area (Å²) < 4.78 is 5.44. The molecule has 8 heteroatoms. The van der Waals surface area contributed by atoms with Gasteiger partial charge >= 0.3 is 0 Å². The smallest absolute Gasteiger partial charge is 0.270 e. The Kier molecular flexibility index (Phi) is 3.87. The van der Waals surface area contributed by atoms with Crippen LogP contribution in [0.5, 0.6) is 11.5 Å².